The lowest BCUT2D eigenvalue weighted by Gasteiger charge is -2.16. The third kappa shape index (κ3) is 14.0. The maximum atomic E-state index is 11.8. The Morgan fingerprint density at radius 1 is 0.589 bits per heavy atom. The number of amides is 1. The minimum absolute atomic E-state index is 0. The van der Waals surface area contributed by atoms with Gasteiger partial charge in [-0.05, 0) is 13.8 Å². The maximum Gasteiger partial charge on any atom is 0.341 e. The maximum absolute atomic E-state index is 11.8. The molecule has 0 aliphatic carbocycles. The van der Waals surface area contributed by atoms with Crippen molar-refractivity contribution in [2.75, 3.05) is 62.7 Å². The standard InChI is InChI=1S/C16H19N7O6.C15H18N8O5.C10H15N7O4.C6H8O4.2CH4/c1-2-28-15(27)7-3-19-23(4-7)16-20-12(17)9-13(21-16)22(6-18-9)14-11(26)10(25)8(5-24)29-14;1-17-13(27)6-2-19-23(3-6)15-20-11(16)8-12(21-15)22(5-18-8)14-10(26)9(25)7(4-24)28-14;11-7-4-8(15-10(14-7)16-12)17(2-13-4)9-6(20)5(19)3(1-18)21-9;1-2-10-6(9)5(3-7)4-8;;/h3-4,6,8,10-11,14,24-26H,2,5H2,1H3,(H2,17,20,21);2-3,5,7,9-10,14,24-26H,4H2,1H3,(H,17,27)(H2,16,20,21);2-3,5-6,9,18-20H,1,12H2,(H3,11,14,15,16);3-5H,2H2,1H3;2*1H4/t8-,10-,11-,14?;7-,9-,10-,14?;3-,5-,6-,9?;;;/m111.../s1. The molecular weight excluding hydrogens is 1200 g/mol. The number of hydrogen-bond acceptors (Lipinski definition) is 35. The van der Waals surface area contributed by atoms with Gasteiger partial charge in [0.05, 0.1) is 75.5 Å². The number of hydrazine groups is 1. The van der Waals surface area contributed by atoms with Crippen LogP contribution in [0.5, 0.6) is 0 Å². The van der Waals surface area contributed by atoms with Crippen LogP contribution in [-0.2, 0) is 38.1 Å². The summed E-state index contributed by atoms with van der Waals surface area (Å²) in [4.78, 5) is 91.3. The first-order valence-electron chi connectivity index (χ1n) is 26.1. The molecular formula is C49H68N22O19. The van der Waals surface area contributed by atoms with Crippen LogP contribution in [0.2, 0.25) is 0 Å². The average molecular weight is 1270 g/mol. The molecule has 3 unspecified atom stereocenters. The van der Waals surface area contributed by atoms with E-state index in [1.807, 2.05) is 0 Å². The monoisotopic (exact) mass is 1270 g/mol. The highest BCUT2D eigenvalue weighted by atomic mass is 16.6. The number of imidazole rings is 3. The van der Waals surface area contributed by atoms with E-state index in [2.05, 4.69) is 70.5 Å². The fourth-order valence-electron chi connectivity index (χ4n) is 8.78. The van der Waals surface area contributed by atoms with Gasteiger partial charge in [-0.1, -0.05) is 14.9 Å². The number of nitrogens with one attached hydrogen (secondary N) is 2. The molecule has 488 valence electrons. The normalized spacial score (nSPS) is 23.3. The van der Waals surface area contributed by atoms with Gasteiger partial charge in [-0.2, -0.15) is 40.1 Å². The number of nitrogens with two attached hydrogens (primary N) is 4. The number of nitrogen functional groups attached to an aromatic ring is 4. The lowest BCUT2D eigenvalue weighted by molar-refractivity contribution is -0.150. The van der Waals surface area contributed by atoms with Crippen molar-refractivity contribution in [2.24, 2.45) is 11.8 Å². The van der Waals surface area contributed by atoms with Crippen LogP contribution in [0.15, 0.2) is 43.8 Å². The summed E-state index contributed by atoms with van der Waals surface area (Å²) < 4.78 is 32.5. The molecule has 41 nitrogen and oxygen atoms in total. The number of carbonyl (C=O) groups excluding carboxylic acids is 5. The van der Waals surface area contributed by atoms with Crippen molar-refractivity contribution >= 4 is 87.3 Å². The van der Waals surface area contributed by atoms with Crippen molar-refractivity contribution in [1.29, 1.82) is 0 Å². The number of ether oxygens (including phenoxy) is 5. The van der Waals surface area contributed by atoms with Gasteiger partial charge in [-0.15, -0.1) is 0 Å². The number of rotatable bonds is 16. The molecule has 0 spiro atoms. The van der Waals surface area contributed by atoms with Gasteiger partial charge in [0, 0.05) is 19.4 Å². The van der Waals surface area contributed by atoms with E-state index in [-0.39, 0.29) is 115 Å². The van der Waals surface area contributed by atoms with Crippen molar-refractivity contribution in [1.82, 2.24) is 83.4 Å². The van der Waals surface area contributed by atoms with E-state index in [1.54, 1.807) is 13.8 Å². The Hall–Kier alpha value is -9.50. The number of aromatic nitrogens is 16. The lowest BCUT2D eigenvalue weighted by atomic mass is 10.1. The van der Waals surface area contributed by atoms with Gasteiger partial charge < -0.3 is 102 Å². The van der Waals surface area contributed by atoms with Crippen molar-refractivity contribution in [3.8, 4) is 11.9 Å². The molecule has 12 atom stereocenters. The summed E-state index contributed by atoms with van der Waals surface area (Å²) in [5.74, 6) is 2.79. The van der Waals surface area contributed by atoms with Crippen LogP contribution in [0.3, 0.4) is 0 Å². The zero-order valence-electron chi connectivity index (χ0n) is 46.3. The summed E-state index contributed by atoms with van der Waals surface area (Å²) in [6.45, 7) is 2.35. The molecule has 8 aromatic rings. The fraction of sp³-hybridized carbons (Fsp3) is 0.469. The summed E-state index contributed by atoms with van der Waals surface area (Å²) in [6.07, 6.45) is -3.41. The number of aliphatic hydroxyl groups is 9. The predicted molar refractivity (Wildman–Crippen MR) is 305 cm³/mol. The zero-order valence-corrected chi connectivity index (χ0v) is 46.3. The van der Waals surface area contributed by atoms with Gasteiger partial charge in [0.2, 0.25) is 5.95 Å². The molecule has 11 rings (SSSR count). The van der Waals surface area contributed by atoms with Crippen LogP contribution >= 0.6 is 0 Å². The average Bonchev–Trinajstić information content (AvgIpc) is 1.68. The summed E-state index contributed by atoms with van der Waals surface area (Å²) in [7, 11) is 1.50. The Morgan fingerprint density at radius 2 is 0.967 bits per heavy atom. The second kappa shape index (κ2) is 30.1. The van der Waals surface area contributed by atoms with Gasteiger partial charge in [-0.3, -0.25) is 28.7 Å². The van der Waals surface area contributed by atoms with E-state index in [0.717, 1.165) is 0 Å². The Kier molecular flexibility index (Phi) is 23.3. The summed E-state index contributed by atoms with van der Waals surface area (Å²) in [5.41, 5.74) is 22.1. The van der Waals surface area contributed by atoms with Crippen LogP contribution < -0.4 is 33.8 Å². The molecule has 3 aliphatic heterocycles. The van der Waals surface area contributed by atoms with Crippen LogP contribution in [-0.4, -0.2) is 250 Å². The molecule has 11 heterocycles. The van der Waals surface area contributed by atoms with E-state index < -0.39 is 111 Å². The fourth-order valence-corrected chi connectivity index (χ4v) is 8.78. The molecule has 3 aliphatic rings. The van der Waals surface area contributed by atoms with Crippen molar-refractivity contribution in [3.63, 3.8) is 0 Å². The molecule has 8 aromatic heterocycles. The lowest BCUT2D eigenvalue weighted by Crippen LogP contribution is -2.33. The Balaban J connectivity index is 0.000000200. The van der Waals surface area contributed by atoms with E-state index in [1.165, 1.54) is 73.9 Å². The second-order valence-corrected chi connectivity index (χ2v) is 18.7. The van der Waals surface area contributed by atoms with Gasteiger partial charge in [0.25, 0.3) is 17.8 Å². The predicted octanol–water partition coefficient (Wildman–Crippen LogP) is -5.91. The SMILES string of the molecule is C.C.CCOC(=O)C(C=O)C=O.CCOC(=O)c1cnn(-c2nc(N)c3ncn(C4O[C@H](CO)[C@@H](O)[C@H]4O)c3n2)c1.CNC(=O)c1cnn(-c2nc(N)c3ncn(C4O[C@H](CO)[C@@H](O)[C@H]4O)c3n2)c1.NNc1nc(N)c2ncn(C3O[C@H](CO)[C@@H](O)[C@H]3O)c2n1. The van der Waals surface area contributed by atoms with Crippen LogP contribution in [0, 0.1) is 5.92 Å². The topological polar surface area (TPSA) is 608 Å². The molecule has 0 bridgehead atoms. The molecule has 19 N–H and O–H groups in total. The number of esters is 2. The van der Waals surface area contributed by atoms with Gasteiger partial charge in [-0.25, -0.2) is 35.0 Å². The smallest absolute Gasteiger partial charge is 0.341 e. The first-order valence-corrected chi connectivity index (χ1v) is 26.1. The molecule has 3 saturated heterocycles. The number of anilines is 4. The van der Waals surface area contributed by atoms with E-state index in [0.29, 0.717) is 11.1 Å². The summed E-state index contributed by atoms with van der Waals surface area (Å²) in [5, 5.41) is 98.6. The van der Waals surface area contributed by atoms with Gasteiger partial charge in [0.1, 0.15) is 84.1 Å². The number of aliphatic hydroxyl groups excluding tert-OH is 9. The molecule has 1 amide bonds. The number of aldehydes is 2. The number of fused-ring (bicyclic) bond motifs is 3. The van der Waals surface area contributed by atoms with E-state index in [9.17, 15) is 64.8 Å². The second-order valence-electron chi connectivity index (χ2n) is 18.7. The summed E-state index contributed by atoms with van der Waals surface area (Å²) >= 11 is 0. The highest BCUT2D eigenvalue weighted by Gasteiger charge is 2.46. The number of hydrogen-bond donors (Lipinski definition) is 15. The quantitative estimate of drug-likeness (QED) is 0.0141. The van der Waals surface area contributed by atoms with Crippen LogP contribution in [0.25, 0.3) is 45.4 Å². The molecule has 0 aromatic carbocycles. The Bertz CT molecular complexity index is 3760. The van der Waals surface area contributed by atoms with Gasteiger partial charge in [0.15, 0.2) is 59.0 Å². The van der Waals surface area contributed by atoms with Crippen LogP contribution in [0.1, 0.15) is 68.1 Å². The van der Waals surface area contributed by atoms with E-state index in [4.69, 9.17) is 47.1 Å². The minimum Gasteiger partial charge on any atom is -0.465 e. The number of carbonyl (C=O) groups is 5. The number of nitrogens with zero attached hydrogens (tertiary/aromatic N) is 16. The Labute approximate surface area is 506 Å². The third-order valence-corrected chi connectivity index (χ3v) is 13.3. The molecule has 90 heavy (non-hydrogen) atoms. The zero-order chi connectivity index (χ0) is 63.8. The highest BCUT2D eigenvalue weighted by Crippen LogP contribution is 2.35. The highest BCUT2D eigenvalue weighted by molar-refractivity contribution is 6.02. The molecule has 0 saturated carbocycles. The largest absolute Gasteiger partial charge is 0.465 e. The third-order valence-electron chi connectivity index (χ3n) is 13.3. The first kappa shape index (κ1) is 69.6. The van der Waals surface area contributed by atoms with Crippen LogP contribution in [0.4, 0.5) is 23.4 Å². The molecule has 41 heteroatoms. The van der Waals surface area contributed by atoms with Crippen molar-refractivity contribution in [3.05, 3.63) is 54.9 Å². The van der Waals surface area contributed by atoms with Crippen molar-refractivity contribution in [2.45, 2.75) is 102 Å². The van der Waals surface area contributed by atoms with E-state index >= 15 is 0 Å². The Morgan fingerprint density at radius 3 is 1.32 bits per heavy atom. The minimum atomic E-state index is -1.32. The summed E-state index contributed by atoms with van der Waals surface area (Å²) in [6, 6.07) is 0. The molecule has 0 radical (unpaired) electrons. The van der Waals surface area contributed by atoms with Gasteiger partial charge >= 0.3 is 11.9 Å². The van der Waals surface area contributed by atoms with Crippen molar-refractivity contribution < 1.29 is 93.6 Å². The molecule has 3 fully saturated rings. The first-order chi connectivity index (χ1) is 42.2.